The smallest absolute Gasteiger partial charge is 0.354 e. The van der Waals surface area contributed by atoms with Gasteiger partial charge in [-0.25, -0.2) is 37.4 Å². The van der Waals surface area contributed by atoms with Gasteiger partial charge in [0.1, 0.15) is 17.5 Å². The number of nitrogens with one attached hydrogen (secondary N) is 3. The van der Waals surface area contributed by atoms with E-state index in [1.807, 2.05) is 36.4 Å². The molecule has 0 aliphatic heterocycles. The van der Waals surface area contributed by atoms with E-state index in [0.29, 0.717) is 21.7 Å². The van der Waals surface area contributed by atoms with Crippen molar-refractivity contribution >= 4 is 101 Å². The van der Waals surface area contributed by atoms with Crippen LogP contribution < -0.4 is 4.74 Å². The van der Waals surface area contributed by atoms with Crippen LogP contribution in [-0.2, 0) is 0 Å². The number of benzene rings is 8. The summed E-state index contributed by atoms with van der Waals surface area (Å²) in [6.45, 7) is 20.2. The minimum atomic E-state index is -1.13. The molecule has 0 unspecified atom stereocenters. The van der Waals surface area contributed by atoms with Crippen LogP contribution in [0.2, 0.25) is 5.02 Å². The molecule has 98 heavy (non-hydrogen) atoms. The van der Waals surface area contributed by atoms with Gasteiger partial charge in [0.05, 0.1) is 70.9 Å². The summed E-state index contributed by atoms with van der Waals surface area (Å²) >= 11 is 6.32. The van der Waals surface area contributed by atoms with Crippen LogP contribution in [0, 0.1) is 24.0 Å². The second-order valence-electron chi connectivity index (χ2n) is 24.4. The number of methoxy groups -OCH3 is 1. The number of hydrogen-bond donors (Lipinski definition) is 6. The van der Waals surface area contributed by atoms with Crippen molar-refractivity contribution in [3.8, 4) is 56.3 Å². The molecule has 15 rings (SSSR count). The Morgan fingerprint density at radius 3 is 1.28 bits per heavy atom. The molecule has 0 saturated carbocycles. The lowest BCUT2D eigenvalue weighted by molar-refractivity contribution is 0.0681. The minimum absolute atomic E-state index is 0.0478. The van der Waals surface area contributed by atoms with E-state index in [-0.39, 0.29) is 63.6 Å². The zero-order valence-electron chi connectivity index (χ0n) is 53.5. The number of pyridine rings is 1. The van der Waals surface area contributed by atoms with Crippen molar-refractivity contribution in [2.45, 2.75) is 59.3 Å². The van der Waals surface area contributed by atoms with Crippen LogP contribution in [0.3, 0.4) is 0 Å². The van der Waals surface area contributed by atoms with Crippen LogP contribution in [0.4, 0.5) is 18.9 Å². The number of aromatic carboxylic acids is 3. The fourth-order valence-corrected chi connectivity index (χ4v) is 13.3. The number of halogens is 4. The maximum atomic E-state index is 13.7. The predicted molar refractivity (Wildman–Crippen MR) is 374 cm³/mol. The molecule has 22 heteroatoms. The zero-order chi connectivity index (χ0) is 69.1. The van der Waals surface area contributed by atoms with Crippen molar-refractivity contribution in [2.75, 3.05) is 7.11 Å². The Labute approximate surface area is 561 Å². The number of carboxylic acid groups (broad SMARTS) is 3. The van der Waals surface area contributed by atoms with Crippen LogP contribution in [0.15, 0.2) is 176 Å². The average molecular weight is 1330 g/mol. The molecule has 7 aromatic heterocycles. The summed E-state index contributed by atoms with van der Waals surface area (Å²) in [6.07, 6.45) is 5.26. The van der Waals surface area contributed by atoms with Gasteiger partial charge in [0, 0.05) is 99.3 Å². The van der Waals surface area contributed by atoms with Crippen molar-refractivity contribution in [1.82, 2.24) is 49.3 Å². The lowest BCUT2D eigenvalue weighted by Gasteiger charge is -2.17. The highest BCUT2D eigenvalue weighted by atomic mass is 35.5. The lowest BCUT2D eigenvalue weighted by atomic mass is 9.94. The molecule has 8 aromatic carbocycles. The molecular formula is C76H59ClF3N11O7. The number of aromatic amines is 3. The SMILES string of the molecule is CC(C)c1c(-c2cc(Cl)cc(C(=O)O)c2)c2cc3[nH]ncc3cc2n1-c1ccc(F)cc1.COc1nc(C(=O)O)ccc1-c1c(C(C)C)n(-c2ccc(F)cc2)c2cc3cn[nH]c3cc12.[C-]#[N+]c1cc(C(=O)O)ccc1-c1c(C(C)C)n(-c2ccc(F)cc2)c2cc3cn[nH]c3cc12. The quantitative estimate of drug-likeness (QED) is 0.0593. The molecule has 0 spiro atoms. The van der Waals surface area contributed by atoms with Crippen LogP contribution in [-0.4, -0.2) is 89.6 Å². The molecule has 0 amide bonds. The number of aromatic nitrogens is 10. The molecule has 18 nitrogen and oxygen atoms in total. The Kier molecular flexibility index (Phi) is 17.0. The minimum Gasteiger partial charge on any atom is -0.481 e. The first-order chi connectivity index (χ1) is 47.1. The van der Waals surface area contributed by atoms with E-state index < -0.39 is 17.9 Å². The van der Waals surface area contributed by atoms with E-state index in [1.165, 1.54) is 67.8 Å². The second kappa shape index (κ2) is 25.8. The predicted octanol–water partition coefficient (Wildman–Crippen LogP) is 19.0. The van der Waals surface area contributed by atoms with Gasteiger partial charge >= 0.3 is 17.9 Å². The number of carboxylic acids is 3. The van der Waals surface area contributed by atoms with Gasteiger partial charge in [0.15, 0.2) is 11.4 Å². The third kappa shape index (κ3) is 11.7. The first kappa shape index (κ1) is 64.4. The summed E-state index contributed by atoms with van der Waals surface area (Å²) in [7, 11) is 1.47. The Balaban J connectivity index is 0.000000132. The monoisotopic (exact) mass is 1330 g/mol. The normalized spacial score (nSPS) is 11.5. The highest BCUT2D eigenvalue weighted by Gasteiger charge is 2.29. The van der Waals surface area contributed by atoms with Crippen LogP contribution in [0.5, 0.6) is 5.88 Å². The molecule has 7 heterocycles. The van der Waals surface area contributed by atoms with Gasteiger partial charge in [0.25, 0.3) is 0 Å². The van der Waals surface area contributed by atoms with Gasteiger partial charge in [-0.15, -0.1) is 0 Å². The summed E-state index contributed by atoms with van der Waals surface area (Å²) in [5.41, 5.74) is 15.6. The molecule has 0 aliphatic rings. The lowest BCUT2D eigenvalue weighted by Crippen LogP contribution is -2.05. The van der Waals surface area contributed by atoms with Crippen LogP contribution >= 0.6 is 11.6 Å². The van der Waals surface area contributed by atoms with Crippen LogP contribution in [0.1, 0.15) is 108 Å². The van der Waals surface area contributed by atoms with Crippen molar-refractivity contribution in [3.63, 3.8) is 0 Å². The Hall–Kier alpha value is -12.3. The molecule has 0 fully saturated rings. The van der Waals surface area contributed by atoms with Crippen molar-refractivity contribution < 1.29 is 47.6 Å². The average Bonchev–Trinajstić information content (AvgIpc) is 1.59. The fraction of sp³-hybridized carbons (Fsp3) is 0.132. The molecular weight excluding hydrogens is 1270 g/mol. The van der Waals surface area contributed by atoms with E-state index in [9.17, 15) is 42.9 Å². The molecule has 15 aromatic rings. The van der Waals surface area contributed by atoms with Crippen molar-refractivity contribution in [1.29, 1.82) is 0 Å². The van der Waals surface area contributed by atoms with E-state index in [4.69, 9.17) is 22.9 Å². The molecule has 6 N–H and O–H groups in total. The topological polar surface area (TPSA) is 239 Å². The zero-order valence-corrected chi connectivity index (χ0v) is 54.3. The first-order valence-electron chi connectivity index (χ1n) is 31.0. The van der Waals surface area contributed by atoms with E-state index in [1.54, 1.807) is 79.3 Å². The third-order valence-corrected chi connectivity index (χ3v) is 17.4. The maximum Gasteiger partial charge on any atom is 0.354 e. The van der Waals surface area contributed by atoms with Gasteiger partial charge in [0.2, 0.25) is 5.88 Å². The number of H-pyrrole nitrogens is 3. The van der Waals surface area contributed by atoms with E-state index >= 15 is 0 Å². The summed E-state index contributed by atoms with van der Waals surface area (Å²) < 4.78 is 52.9. The van der Waals surface area contributed by atoms with Gasteiger partial charge in [-0.05, 0) is 181 Å². The highest BCUT2D eigenvalue weighted by molar-refractivity contribution is 6.31. The number of hydrogen-bond acceptors (Lipinski definition) is 8. The molecule has 0 saturated heterocycles. The summed E-state index contributed by atoms with van der Waals surface area (Å²) in [4.78, 5) is 42.5. The Morgan fingerprint density at radius 1 is 0.490 bits per heavy atom. The van der Waals surface area contributed by atoms with Gasteiger partial charge in [-0.3, -0.25) is 15.3 Å². The highest BCUT2D eigenvalue weighted by Crippen LogP contribution is 2.48. The summed E-state index contributed by atoms with van der Waals surface area (Å²) in [5.74, 6) is -3.78. The van der Waals surface area contributed by atoms with Crippen LogP contribution in [0.25, 0.3) is 121 Å². The van der Waals surface area contributed by atoms with Gasteiger partial charge < -0.3 is 33.8 Å². The van der Waals surface area contributed by atoms with Gasteiger partial charge in [-0.1, -0.05) is 59.2 Å². The molecule has 0 radical (unpaired) electrons. The fourth-order valence-electron chi connectivity index (χ4n) is 13.1. The van der Waals surface area contributed by atoms with E-state index in [2.05, 4.69) is 95.7 Å². The second-order valence-corrected chi connectivity index (χ2v) is 24.8. The first-order valence-corrected chi connectivity index (χ1v) is 31.4. The molecule has 0 aliphatic carbocycles. The number of ether oxygens (including phenoxy) is 1. The molecule has 0 bridgehead atoms. The molecule has 488 valence electrons. The largest absolute Gasteiger partial charge is 0.481 e. The summed E-state index contributed by atoms with van der Waals surface area (Å²) in [6, 6.07) is 43.8. The Bertz CT molecular complexity index is 5720. The van der Waals surface area contributed by atoms with Gasteiger partial charge in [-0.2, -0.15) is 15.3 Å². The van der Waals surface area contributed by atoms with Crippen molar-refractivity contribution in [3.05, 3.63) is 244 Å². The summed E-state index contributed by atoms with van der Waals surface area (Å²) in [5, 5.41) is 55.7. The number of nitrogens with zero attached hydrogens (tertiary/aromatic N) is 8. The van der Waals surface area contributed by atoms with E-state index in [0.717, 1.165) is 116 Å². The number of fused-ring (bicyclic) bond motifs is 6. The maximum absolute atomic E-state index is 13.7. The van der Waals surface area contributed by atoms with Crippen molar-refractivity contribution in [2.24, 2.45) is 0 Å². The molecule has 0 atom stereocenters. The Morgan fingerprint density at radius 2 is 0.888 bits per heavy atom. The standard InChI is InChI=1S/C26H19FN4O2.C25H19ClFN3O2.C25H21FN4O3/c1-14(2)25-24(19-9-4-15(26(32)33)10-22(19)28-3)20-12-21-16(13-29-30-21)11-23(20)31(25)18-7-5-17(27)6-8-18;1-13(2)24-23(14-7-15(25(31)32)9-17(26)8-14)20-11-21-16(12-28-29-21)10-22(20)30(24)19-5-3-18(27)4-6-19;1-13(2)23-22(17-8-9-19(25(31)32)28-24(17)33-3)18-11-20-14(12-27-29-20)10-21(18)30(23)16-6-4-15(26)5-7-16/h4-14H,1-2H3,(H,29,30)(H,32,33);3-13H,1-2H3,(H,28,29)(H,31,32);4-13H,1-3H3,(H,27,29)(H,31,32). The third-order valence-electron chi connectivity index (χ3n) is 17.2. The number of rotatable bonds is 13. The number of carbonyl (C=O) groups is 3.